The summed E-state index contributed by atoms with van der Waals surface area (Å²) in [5.41, 5.74) is 0.457. The molecular formula is C14H28O. The van der Waals surface area contributed by atoms with E-state index in [4.69, 9.17) is 4.74 Å². The molecule has 0 aromatic carbocycles. The van der Waals surface area contributed by atoms with E-state index in [9.17, 15) is 0 Å². The molecule has 0 N–H and O–H groups in total. The van der Waals surface area contributed by atoms with Crippen molar-refractivity contribution in [2.24, 2.45) is 5.41 Å². The van der Waals surface area contributed by atoms with Crippen LogP contribution in [0.15, 0.2) is 0 Å². The van der Waals surface area contributed by atoms with Crippen molar-refractivity contribution < 1.29 is 4.74 Å². The Bertz CT molecular complexity index is 153. The van der Waals surface area contributed by atoms with Crippen molar-refractivity contribution in [2.75, 3.05) is 6.61 Å². The van der Waals surface area contributed by atoms with Crippen molar-refractivity contribution in [3.63, 3.8) is 0 Å². The molecule has 0 aromatic rings. The van der Waals surface area contributed by atoms with Gasteiger partial charge in [0.15, 0.2) is 0 Å². The van der Waals surface area contributed by atoms with Gasteiger partial charge in [0.25, 0.3) is 0 Å². The quantitative estimate of drug-likeness (QED) is 0.666. The molecule has 0 radical (unpaired) electrons. The Kier molecular flexibility index (Phi) is 5.66. The van der Waals surface area contributed by atoms with Crippen molar-refractivity contribution in [1.82, 2.24) is 0 Å². The van der Waals surface area contributed by atoms with Crippen LogP contribution in [0, 0.1) is 5.41 Å². The van der Waals surface area contributed by atoms with Crippen molar-refractivity contribution in [3.05, 3.63) is 0 Å². The predicted molar refractivity (Wildman–Crippen MR) is 66.1 cm³/mol. The summed E-state index contributed by atoms with van der Waals surface area (Å²) in [7, 11) is 0. The Morgan fingerprint density at radius 2 is 1.73 bits per heavy atom. The number of hydrogen-bond acceptors (Lipinski definition) is 1. The van der Waals surface area contributed by atoms with Gasteiger partial charge in [-0.1, -0.05) is 52.9 Å². The summed E-state index contributed by atoms with van der Waals surface area (Å²) in [6.07, 6.45) is 11.1. The van der Waals surface area contributed by atoms with E-state index in [1.54, 1.807) is 0 Å². The van der Waals surface area contributed by atoms with Gasteiger partial charge in [0.05, 0.1) is 6.10 Å². The van der Waals surface area contributed by atoms with E-state index in [1.165, 1.54) is 51.4 Å². The SMILES string of the molecule is CCC(C)(C)CC1CCCCCCCO1. The fourth-order valence-electron chi connectivity index (χ4n) is 2.26. The molecule has 90 valence electrons. The lowest BCUT2D eigenvalue weighted by molar-refractivity contribution is 0.0162. The third kappa shape index (κ3) is 5.55. The van der Waals surface area contributed by atoms with Gasteiger partial charge in [0.2, 0.25) is 0 Å². The Labute approximate surface area is 95.6 Å². The molecule has 1 heterocycles. The third-order valence-electron chi connectivity index (χ3n) is 3.76. The van der Waals surface area contributed by atoms with E-state index in [0.717, 1.165) is 6.61 Å². The van der Waals surface area contributed by atoms with Gasteiger partial charge in [-0.2, -0.15) is 0 Å². The lowest BCUT2D eigenvalue weighted by Crippen LogP contribution is -2.23. The standard InChI is InChI=1S/C14H28O/c1-4-14(2,3)12-13-10-8-6-5-7-9-11-15-13/h13H,4-12H2,1-3H3. The average molecular weight is 212 g/mol. The molecule has 0 spiro atoms. The van der Waals surface area contributed by atoms with Gasteiger partial charge >= 0.3 is 0 Å². The summed E-state index contributed by atoms with van der Waals surface area (Å²) in [6.45, 7) is 8.01. The van der Waals surface area contributed by atoms with Crippen LogP contribution in [0.3, 0.4) is 0 Å². The lowest BCUT2D eigenvalue weighted by Gasteiger charge is -2.28. The van der Waals surface area contributed by atoms with E-state index in [2.05, 4.69) is 20.8 Å². The molecule has 1 aliphatic rings. The van der Waals surface area contributed by atoms with Crippen LogP contribution in [-0.2, 0) is 4.74 Å². The van der Waals surface area contributed by atoms with Gasteiger partial charge < -0.3 is 4.74 Å². The molecule has 0 aromatic heterocycles. The number of ether oxygens (including phenoxy) is 1. The van der Waals surface area contributed by atoms with Crippen LogP contribution in [0.1, 0.15) is 72.1 Å². The maximum atomic E-state index is 6.00. The Morgan fingerprint density at radius 1 is 1.07 bits per heavy atom. The second kappa shape index (κ2) is 6.52. The molecule has 0 amide bonds. The van der Waals surface area contributed by atoms with Crippen LogP contribution < -0.4 is 0 Å². The van der Waals surface area contributed by atoms with Crippen molar-refractivity contribution in [1.29, 1.82) is 0 Å². The fraction of sp³-hybridized carbons (Fsp3) is 1.00. The largest absolute Gasteiger partial charge is 0.378 e. The predicted octanol–water partition coefficient (Wildman–Crippen LogP) is 4.55. The van der Waals surface area contributed by atoms with Crippen LogP contribution in [0.5, 0.6) is 0 Å². The van der Waals surface area contributed by atoms with E-state index < -0.39 is 0 Å². The summed E-state index contributed by atoms with van der Waals surface area (Å²) in [5.74, 6) is 0. The molecular weight excluding hydrogens is 184 g/mol. The highest BCUT2D eigenvalue weighted by atomic mass is 16.5. The molecule has 1 rings (SSSR count). The van der Waals surface area contributed by atoms with Crippen LogP contribution in [0.2, 0.25) is 0 Å². The van der Waals surface area contributed by atoms with Gasteiger partial charge in [-0.05, 0) is 24.7 Å². The van der Waals surface area contributed by atoms with E-state index in [1.807, 2.05) is 0 Å². The molecule has 1 aliphatic heterocycles. The highest BCUT2D eigenvalue weighted by Crippen LogP contribution is 2.30. The maximum Gasteiger partial charge on any atom is 0.0580 e. The molecule has 15 heavy (non-hydrogen) atoms. The van der Waals surface area contributed by atoms with Crippen molar-refractivity contribution in [3.8, 4) is 0 Å². The van der Waals surface area contributed by atoms with Gasteiger partial charge in [0, 0.05) is 6.61 Å². The first-order chi connectivity index (χ1) is 7.14. The Morgan fingerprint density at radius 3 is 2.47 bits per heavy atom. The molecule has 1 heteroatoms. The highest BCUT2D eigenvalue weighted by molar-refractivity contribution is 4.73. The maximum absolute atomic E-state index is 6.00. The minimum Gasteiger partial charge on any atom is -0.378 e. The van der Waals surface area contributed by atoms with E-state index >= 15 is 0 Å². The van der Waals surface area contributed by atoms with Gasteiger partial charge in [-0.25, -0.2) is 0 Å². The summed E-state index contributed by atoms with van der Waals surface area (Å²) in [4.78, 5) is 0. The molecule has 0 bridgehead atoms. The molecule has 1 fully saturated rings. The zero-order valence-corrected chi connectivity index (χ0v) is 10.8. The van der Waals surface area contributed by atoms with Crippen LogP contribution in [0.25, 0.3) is 0 Å². The van der Waals surface area contributed by atoms with E-state index in [-0.39, 0.29) is 0 Å². The normalized spacial score (nSPS) is 25.4. The first-order valence-electron chi connectivity index (χ1n) is 6.76. The van der Waals surface area contributed by atoms with Crippen molar-refractivity contribution in [2.45, 2.75) is 78.2 Å². The minimum atomic E-state index is 0.457. The average Bonchev–Trinajstić information content (AvgIpc) is 2.31. The zero-order chi connectivity index (χ0) is 11.1. The zero-order valence-electron chi connectivity index (χ0n) is 10.8. The lowest BCUT2D eigenvalue weighted by atomic mass is 9.83. The van der Waals surface area contributed by atoms with Crippen LogP contribution in [-0.4, -0.2) is 12.7 Å². The van der Waals surface area contributed by atoms with Gasteiger partial charge in [0.1, 0.15) is 0 Å². The first kappa shape index (κ1) is 13.0. The molecule has 1 atom stereocenters. The number of hydrogen-bond donors (Lipinski definition) is 0. The molecule has 0 saturated carbocycles. The summed E-state index contributed by atoms with van der Waals surface area (Å²) in [5, 5.41) is 0. The van der Waals surface area contributed by atoms with Crippen LogP contribution >= 0.6 is 0 Å². The second-order valence-corrected chi connectivity index (χ2v) is 5.77. The molecule has 1 nitrogen and oxygen atoms in total. The van der Waals surface area contributed by atoms with Crippen molar-refractivity contribution >= 4 is 0 Å². The summed E-state index contributed by atoms with van der Waals surface area (Å²) < 4.78 is 6.00. The van der Waals surface area contributed by atoms with E-state index in [0.29, 0.717) is 11.5 Å². The Hall–Kier alpha value is -0.0400. The highest BCUT2D eigenvalue weighted by Gasteiger charge is 2.22. The topological polar surface area (TPSA) is 9.23 Å². The molecule has 1 unspecified atom stereocenters. The summed E-state index contributed by atoms with van der Waals surface area (Å²) in [6, 6.07) is 0. The van der Waals surface area contributed by atoms with Crippen LogP contribution in [0.4, 0.5) is 0 Å². The van der Waals surface area contributed by atoms with Gasteiger partial charge in [-0.15, -0.1) is 0 Å². The monoisotopic (exact) mass is 212 g/mol. The first-order valence-corrected chi connectivity index (χ1v) is 6.76. The smallest absolute Gasteiger partial charge is 0.0580 e. The summed E-state index contributed by atoms with van der Waals surface area (Å²) >= 11 is 0. The Balaban J connectivity index is 2.36. The molecule has 1 saturated heterocycles. The third-order valence-corrected chi connectivity index (χ3v) is 3.76. The van der Waals surface area contributed by atoms with Gasteiger partial charge in [-0.3, -0.25) is 0 Å². The molecule has 0 aliphatic carbocycles. The number of rotatable bonds is 3. The second-order valence-electron chi connectivity index (χ2n) is 5.77. The fourth-order valence-corrected chi connectivity index (χ4v) is 2.26. The minimum absolute atomic E-state index is 0.457.